The number of nitrogens with zero attached hydrogens (tertiary/aromatic N) is 2. The van der Waals surface area contributed by atoms with Crippen molar-refractivity contribution in [1.29, 1.82) is 0 Å². The van der Waals surface area contributed by atoms with Crippen molar-refractivity contribution in [3.63, 3.8) is 0 Å². The van der Waals surface area contributed by atoms with Crippen LogP contribution in [0.25, 0.3) is 16.6 Å². The lowest BCUT2D eigenvalue weighted by Crippen LogP contribution is -2.25. The molecule has 1 unspecified atom stereocenters. The van der Waals surface area contributed by atoms with E-state index in [1.165, 1.54) is 11.7 Å². The van der Waals surface area contributed by atoms with Gasteiger partial charge < -0.3 is 10.5 Å². The number of halogens is 1. The minimum absolute atomic E-state index is 0.297. The van der Waals surface area contributed by atoms with Crippen LogP contribution in [0.15, 0.2) is 76.7 Å². The molecule has 1 amide bonds. The largest absolute Gasteiger partial charge is 0.495 e. The molecule has 8 heteroatoms. The predicted octanol–water partition coefficient (Wildman–Crippen LogP) is 4.67. The Balaban J connectivity index is 2.01. The third-order valence-electron chi connectivity index (χ3n) is 4.96. The van der Waals surface area contributed by atoms with Crippen molar-refractivity contribution in [2.24, 2.45) is 5.73 Å². The van der Waals surface area contributed by atoms with Crippen LogP contribution in [0, 0.1) is 6.92 Å². The maximum atomic E-state index is 13.6. The molecule has 162 valence electrons. The van der Waals surface area contributed by atoms with Gasteiger partial charge in [-0.3, -0.25) is 14.2 Å². The summed E-state index contributed by atoms with van der Waals surface area (Å²) < 4.78 is 6.99. The number of methoxy groups -OCH3 is 1. The van der Waals surface area contributed by atoms with E-state index < -0.39 is 11.2 Å². The standard InChI is InChI=1S/C24H20ClN3O3S/c1-14-8-11-20(31-2)19(12-14)28-23(30)17-10-9-16(25)13-18(17)27-24(28)32-21(22(26)29)15-6-4-3-5-7-15/h3-13,21H,1-2H3,(H2,26,29). The van der Waals surface area contributed by atoms with Crippen molar-refractivity contribution < 1.29 is 9.53 Å². The van der Waals surface area contributed by atoms with Crippen LogP contribution in [0.5, 0.6) is 5.75 Å². The summed E-state index contributed by atoms with van der Waals surface area (Å²) in [6, 6.07) is 19.6. The van der Waals surface area contributed by atoms with Crippen molar-refractivity contribution in [3.8, 4) is 11.4 Å². The van der Waals surface area contributed by atoms with Crippen molar-refractivity contribution in [2.45, 2.75) is 17.3 Å². The Morgan fingerprint density at radius 1 is 1.12 bits per heavy atom. The van der Waals surface area contributed by atoms with E-state index in [-0.39, 0.29) is 5.56 Å². The molecule has 2 N–H and O–H groups in total. The average Bonchev–Trinajstić information content (AvgIpc) is 2.77. The van der Waals surface area contributed by atoms with Crippen molar-refractivity contribution >= 4 is 40.2 Å². The second kappa shape index (κ2) is 9.06. The van der Waals surface area contributed by atoms with Gasteiger partial charge in [0.05, 0.1) is 23.7 Å². The van der Waals surface area contributed by atoms with Gasteiger partial charge in [-0.05, 0) is 48.4 Å². The number of ether oxygens (including phenoxy) is 1. The van der Waals surface area contributed by atoms with Crippen LogP contribution < -0.4 is 16.0 Å². The molecule has 0 bridgehead atoms. The topological polar surface area (TPSA) is 87.2 Å². The number of carbonyl (C=O) groups is 1. The highest BCUT2D eigenvalue weighted by Gasteiger charge is 2.25. The number of hydrogen-bond acceptors (Lipinski definition) is 5. The van der Waals surface area contributed by atoms with Gasteiger partial charge in [0.15, 0.2) is 5.16 Å². The molecule has 3 aromatic carbocycles. The van der Waals surface area contributed by atoms with E-state index in [0.717, 1.165) is 17.3 Å². The van der Waals surface area contributed by atoms with Gasteiger partial charge in [-0.2, -0.15) is 0 Å². The highest BCUT2D eigenvalue weighted by Crippen LogP contribution is 2.36. The van der Waals surface area contributed by atoms with Crippen LogP contribution in [0.2, 0.25) is 5.02 Å². The molecule has 0 fully saturated rings. The van der Waals surface area contributed by atoms with Gasteiger partial charge >= 0.3 is 0 Å². The fourth-order valence-electron chi connectivity index (χ4n) is 3.43. The number of thioether (sulfide) groups is 1. The maximum Gasteiger partial charge on any atom is 0.266 e. The lowest BCUT2D eigenvalue weighted by atomic mass is 10.1. The Morgan fingerprint density at radius 2 is 1.88 bits per heavy atom. The van der Waals surface area contributed by atoms with Gasteiger partial charge in [0, 0.05) is 5.02 Å². The fourth-order valence-corrected chi connectivity index (χ4v) is 4.65. The molecule has 0 radical (unpaired) electrons. The van der Waals surface area contributed by atoms with Gasteiger partial charge in [0.1, 0.15) is 11.0 Å². The lowest BCUT2D eigenvalue weighted by molar-refractivity contribution is -0.117. The van der Waals surface area contributed by atoms with Crippen LogP contribution in [0.3, 0.4) is 0 Å². The molecule has 6 nitrogen and oxygen atoms in total. The summed E-state index contributed by atoms with van der Waals surface area (Å²) in [5.74, 6) is -0.0330. The summed E-state index contributed by atoms with van der Waals surface area (Å²) in [7, 11) is 1.54. The highest BCUT2D eigenvalue weighted by molar-refractivity contribution is 8.00. The first kappa shape index (κ1) is 21.9. The zero-order valence-corrected chi connectivity index (χ0v) is 19.0. The minimum Gasteiger partial charge on any atom is -0.495 e. The van der Waals surface area contributed by atoms with Crippen molar-refractivity contribution in [1.82, 2.24) is 9.55 Å². The Hall–Kier alpha value is -3.29. The second-order valence-corrected chi connectivity index (χ2v) is 8.69. The van der Waals surface area contributed by atoms with E-state index >= 15 is 0 Å². The number of hydrogen-bond donors (Lipinski definition) is 1. The van der Waals surface area contributed by atoms with Crippen LogP contribution in [0.4, 0.5) is 0 Å². The SMILES string of the molecule is COc1ccc(C)cc1-n1c(SC(C(N)=O)c2ccccc2)nc2cc(Cl)ccc2c1=O. The zero-order valence-electron chi connectivity index (χ0n) is 17.4. The molecule has 4 rings (SSSR count). The average molecular weight is 466 g/mol. The second-order valence-electron chi connectivity index (χ2n) is 7.18. The van der Waals surface area contributed by atoms with Crippen LogP contribution in [0.1, 0.15) is 16.4 Å². The van der Waals surface area contributed by atoms with Gasteiger partial charge in [0.25, 0.3) is 5.56 Å². The molecule has 0 spiro atoms. The molecule has 1 atom stereocenters. The van der Waals surface area contributed by atoms with Gasteiger partial charge in [-0.15, -0.1) is 0 Å². The van der Waals surface area contributed by atoms with E-state index in [0.29, 0.717) is 38.1 Å². The summed E-state index contributed by atoms with van der Waals surface area (Å²) in [6.07, 6.45) is 0. The highest BCUT2D eigenvalue weighted by atomic mass is 35.5. The van der Waals surface area contributed by atoms with Crippen LogP contribution >= 0.6 is 23.4 Å². The van der Waals surface area contributed by atoms with Crippen molar-refractivity contribution in [2.75, 3.05) is 7.11 Å². The third-order valence-corrected chi connectivity index (χ3v) is 6.42. The monoisotopic (exact) mass is 465 g/mol. The van der Waals surface area contributed by atoms with Gasteiger partial charge in [-0.25, -0.2) is 4.98 Å². The molecule has 0 saturated heterocycles. The number of fused-ring (bicyclic) bond motifs is 1. The first-order chi connectivity index (χ1) is 15.4. The summed E-state index contributed by atoms with van der Waals surface area (Å²) in [5, 5.41) is 0.418. The van der Waals surface area contributed by atoms with Crippen molar-refractivity contribution in [3.05, 3.63) is 93.2 Å². The molecule has 1 aromatic heterocycles. The predicted molar refractivity (Wildman–Crippen MR) is 128 cm³/mol. The van der Waals surface area contributed by atoms with Gasteiger partial charge in [-0.1, -0.05) is 59.8 Å². The van der Waals surface area contributed by atoms with E-state index in [2.05, 4.69) is 0 Å². The minimum atomic E-state index is -0.748. The summed E-state index contributed by atoms with van der Waals surface area (Å²) in [4.78, 5) is 30.7. The van der Waals surface area contributed by atoms with E-state index in [4.69, 9.17) is 27.1 Å². The quantitative estimate of drug-likeness (QED) is 0.330. The lowest BCUT2D eigenvalue weighted by Gasteiger charge is -2.19. The Kier molecular flexibility index (Phi) is 6.21. The Morgan fingerprint density at radius 3 is 2.56 bits per heavy atom. The summed E-state index contributed by atoms with van der Waals surface area (Å²) in [6.45, 7) is 1.92. The summed E-state index contributed by atoms with van der Waals surface area (Å²) >= 11 is 7.26. The molecule has 0 aliphatic rings. The number of primary amides is 1. The van der Waals surface area contributed by atoms with E-state index in [9.17, 15) is 9.59 Å². The third kappa shape index (κ3) is 4.22. The number of amides is 1. The van der Waals surface area contributed by atoms with Crippen LogP contribution in [-0.4, -0.2) is 22.6 Å². The molecular weight excluding hydrogens is 446 g/mol. The smallest absolute Gasteiger partial charge is 0.266 e. The number of aromatic nitrogens is 2. The van der Waals surface area contributed by atoms with E-state index in [1.807, 2.05) is 49.4 Å². The number of benzene rings is 3. The molecule has 4 aromatic rings. The zero-order chi connectivity index (χ0) is 22.8. The molecular formula is C24H20ClN3O3S. The molecule has 1 heterocycles. The molecule has 32 heavy (non-hydrogen) atoms. The maximum absolute atomic E-state index is 13.6. The molecule has 0 saturated carbocycles. The molecule has 0 aliphatic heterocycles. The van der Waals surface area contributed by atoms with E-state index in [1.54, 1.807) is 24.3 Å². The fraction of sp³-hybridized carbons (Fsp3) is 0.125. The Bertz CT molecular complexity index is 1370. The normalized spacial score (nSPS) is 12.0. The Labute approximate surface area is 194 Å². The van der Waals surface area contributed by atoms with Gasteiger partial charge in [0.2, 0.25) is 5.91 Å². The summed E-state index contributed by atoms with van der Waals surface area (Å²) in [5.41, 5.74) is 8.06. The number of aryl methyl sites for hydroxylation is 1. The first-order valence-corrected chi connectivity index (χ1v) is 11.0. The number of rotatable bonds is 6. The number of nitrogens with two attached hydrogens (primary N) is 1. The molecule has 0 aliphatic carbocycles. The number of carbonyl (C=O) groups excluding carboxylic acids is 1. The van der Waals surface area contributed by atoms with Crippen LogP contribution in [-0.2, 0) is 4.79 Å². The first-order valence-electron chi connectivity index (χ1n) is 9.77.